The summed E-state index contributed by atoms with van der Waals surface area (Å²) >= 11 is 0. The largest absolute Gasteiger partial charge is 0.469 e. The summed E-state index contributed by atoms with van der Waals surface area (Å²) < 4.78 is 4.78. The Morgan fingerprint density at radius 2 is 2.08 bits per heavy atom. The van der Waals surface area contributed by atoms with Crippen molar-refractivity contribution in [2.75, 3.05) is 13.7 Å². The number of nitrogens with two attached hydrogens (primary N) is 1. The van der Waals surface area contributed by atoms with E-state index in [0.717, 1.165) is 32.2 Å². The molecule has 3 fully saturated rings. The predicted octanol–water partition coefficient (Wildman–Crippen LogP) is 1.07. The van der Waals surface area contributed by atoms with Crippen LogP contribution < -0.4 is 5.73 Å². The van der Waals surface area contributed by atoms with Crippen molar-refractivity contribution < 1.29 is 9.53 Å². The summed E-state index contributed by atoms with van der Waals surface area (Å²) in [7, 11) is 1.48. The molecule has 0 amide bonds. The van der Waals surface area contributed by atoms with Crippen LogP contribution in [0.15, 0.2) is 0 Å². The lowest BCUT2D eigenvalue weighted by Gasteiger charge is -2.69. The van der Waals surface area contributed by atoms with Crippen LogP contribution in [0.3, 0.4) is 0 Å². The lowest BCUT2D eigenvalue weighted by molar-refractivity contribution is -0.227. The molecular formula is C10H17NO2. The maximum atomic E-state index is 11.3. The van der Waals surface area contributed by atoms with Gasteiger partial charge in [-0.15, -0.1) is 0 Å². The summed E-state index contributed by atoms with van der Waals surface area (Å²) in [6, 6.07) is 0. The van der Waals surface area contributed by atoms with Crippen molar-refractivity contribution in [2.24, 2.45) is 16.6 Å². The number of carbonyl (C=O) groups is 1. The Balaban J connectivity index is 1.82. The zero-order chi connectivity index (χ0) is 9.53. The lowest BCUT2D eigenvalue weighted by atomic mass is 9.34. The number of carbonyl (C=O) groups excluding carboxylic acids is 1. The van der Waals surface area contributed by atoms with Crippen LogP contribution in [-0.4, -0.2) is 19.6 Å². The highest BCUT2D eigenvalue weighted by atomic mass is 16.5. The van der Waals surface area contributed by atoms with Gasteiger partial charge in [0, 0.05) is 0 Å². The topological polar surface area (TPSA) is 52.3 Å². The van der Waals surface area contributed by atoms with Gasteiger partial charge in [0.1, 0.15) is 0 Å². The normalized spacial score (nSPS) is 40.5. The zero-order valence-electron chi connectivity index (χ0n) is 8.14. The number of hydrogen-bond donors (Lipinski definition) is 1. The van der Waals surface area contributed by atoms with Crippen LogP contribution in [0, 0.1) is 10.8 Å². The number of rotatable bonds is 4. The summed E-state index contributed by atoms with van der Waals surface area (Å²) in [5.41, 5.74) is 5.87. The molecule has 0 atom stereocenters. The molecule has 0 saturated heterocycles. The van der Waals surface area contributed by atoms with Gasteiger partial charge in [-0.05, 0) is 44.1 Å². The highest BCUT2D eigenvalue weighted by Crippen LogP contribution is 2.75. The van der Waals surface area contributed by atoms with Gasteiger partial charge in [0.25, 0.3) is 0 Å². The molecule has 3 nitrogen and oxygen atoms in total. The second-order valence-corrected chi connectivity index (χ2v) is 4.69. The first-order chi connectivity index (χ1) is 6.16. The molecule has 3 saturated carbocycles. The molecule has 0 aliphatic heterocycles. The van der Waals surface area contributed by atoms with Crippen LogP contribution in [-0.2, 0) is 9.53 Å². The molecule has 13 heavy (non-hydrogen) atoms. The van der Waals surface area contributed by atoms with Gasteiger partial charge < -0.3 is 10.5 Å². The van der Waals surface area contributed by atoms with Gasteiger partial charge in [0.05, 0.1) is 12.5 Å². The lowest BCUT2D eigenvalue weighted by Crippen LogP contribution is -2.65. The number of methoxy groups -OCH3 is 1. The average Bonchev–Trinajstić information content (AvgIpc) is 1.99. The van der Waals surface area contributed by atoms with E-state index in [9.17, 15) is 4.79 Å². The van der Waals surface area contributed by atoms with Crippen LogP contribution in [0.25, 0.3) is 0 Å². The van der Waals surface area contributed by atoms with Crippen LogP contribution in [0.4, 0.5) is 0 Å². The third-order valence-corrected chi connectivity index (χ3v) is 3.67. The maximum Gasteiger partial charge on any atom is 0.311 e. The molecule has 2 bridgehead atoms. The predicted molar refractivity (Wildman–Crippen MR) is 49.0 cm³/mol. The Bertz CT molecular complexity index is 217. The number of ether oxygens (including phenoxy) is 1. The molecule has 3 rings (SSSR count). The van der Waals surface area contributed by atoms with E-state index in [1.807, 2.05) is 0 Å². The molecular weight excluding hydrogens is 166 g/mol. The number of esters is 1. The summed E-state index contributed by atoms with van der Waals surface area (Å²) in [5.74, 6) is 0.00197. The van der Waals surface area contributed by atoms with Crippen molar-refractivity contribution in [3.05, 3.63) is 0 Å². The van der Waals surface area contributed by atoms with Crippen molar-refractivity contribution in [1.29, 1.82) is 0 Å². The molecule has 0 radical (unpaired) electrons. The fourth-order valence-electron chi connectivity index (χ4n) is 3.17. The minimum atomic E-state index is -0.0661. The van der Waals surface area contributed by atoms with E-state index in [2.05, 4.69) is 0 Å². The van der Waals surface area contributed by atoms with Gasteiger partial charge in [-0.2, -0.15) is 0 Å². The van der Waals surface area contributed by atoms with Crippen LogP contribution in [0.1, 0.15) is 32.1 Å². The second kappa shape index (κ2) is 2.71. The van der Waals surface area contributed by atoms with Crippen molar-refractivity contribution in [3.63, 3.8) is 0 Å². The molecule has 2 N–H and O–H groups in total. The molecule has 74 valence electrons. The Hall–Kier alpha value is -0.570. The highest BCUT2D eigenvalue weighted by Gasteiger charge is 2.71. The van der Waals surface area contributed by atoms with E-state index in [-0.39, 0.29) is 11.4 Å². The summed E-state index contributed by atoms with van der Waals surface area (Å²) in [6.07, 6.45) is 5.44. The fourth-order valence-corrected chi connectivity index (χ4v) is 3.17. The van der Waals surface area contributed by atoms with E-state index in [1.54, 1.807) is 0 Å². The first-order valence-electron chi connectivity index (χ1n) is 4.95. The van der Waals surface area contributed by atoms with E-state index in [0.29, 0.717) is 5.41 Å². The van der Waals surface area contributed by atoms with E-state index in [4.69, 9.17) is 10.5 Å². The Labute approximate surface area is 78.6 Å². The van der Waals surface area contributed by atoms with Gasteiger partial charge in [-0.25, -0.2) is 0 Å². The fraction of sp³-hybridized carbons (Fsp3) is 0.900. The summed E-state index contributed by atoms with van der Waals surface area (Å²) in [5, 5.41) is 0. The SMILES string of the molecule is COC(=O)C12CC(CCCN)(C1)C2. The summed E-state index contributed by atoms with van der Waals surface area (Å²) in [6.45, 7) is 0.771. The average molecular weight is 183 g/mol. The Morgan fingerprint density at radius 3 is 2.54 bits per heavy atom. The van der Waals surface area contributed by atoms with E-state index < -0.39 is 0 Å². The van der Waals surface area contributed by atoms with E-state index >= 15 is 0 Å². The van der Waals surface area contributed by atoms with Crippen LogP contribution >= 0.6 is 0 Å². The minimum absolute atomic E-state index is 0.00197. The van der Waals surface area contributed by atoms with Crippen LogP contribution in [0.5, 0.6) is 0 Å². The Kier molecular flexibility index (Phi) is 1.88. The van der Waals surface area contributed by atoms with Gasteiger partial charge in [0.2, 0.25) is 0 Å². The number of hydrogen-bond acceptors (Lipinski definition) is 3. The van der Waals surface area contributed by atoms with Crippen molar-refractivity contribution in [1.82, 2.24) is 0 Å². The molecule has 0 heterocycles. The first-order valence-corrected chi connectivity index (χ1v) is 4.95. The highest BCUT2D eigenvalue weighted by molar-refractivity contribution is 5.81. The maximum absolute atomic E-state index is 11.3. The second-order valence-electron chi connectivity index (χ2n) is 4.69. The van der Waals surface area contributed by atoms with E-state index in [1.165, 1.54) is 13.5 Å². The smallest absolute Gasteiger partial charge is 0.311 e. The van der Waals surface area contributed by atoms with Crippen LogP contribution in [0.2, 0.25) is 0 Å². The zero-order valence-corrected chi connectivity index (χ0v) is 8.14. The summed E-state index contributed by atoms with van der Waals surface area (Å²) in [4.78, 5) is 11.3. The molecule has 0 aromatic carbocycles. The van der Waals surface area contributed by atoms with Gasteiger partial charge >= 0.3 is 5.97 Å². The standard InChI is InChI=1S/C10H17NO2/c1-13-8(12)10-5-9(6-10,7-10)3-2-4-11/h2-7,11H2,1H3. The molecule has 0 unspecified atom stereocenters. The Morgan fingerprint density at radius 1 is 1.46 bits per heavy atom. The van der Waals surface area contributed by atoms with Gasteiger partial charge in [0.15, 0.2) is 0 Å². The molecule has 0 aromatic heterocycles. The minimum Gasteiger partial charge on any atom is -0.469 e. The molecule has 3 aliphatic rings. The van der Waals surface area contributed by atoms with Gasteiger partial charge in [-0.1, -0.05) is 0 Å². The van der Waals surface area contributed by atoms with Crippen molar-refractivity contribution >= 4 is 5.97 Å². The molecule has 3 aliphatic carbocycles. The third-order valence-electron chi connectivity index (χ3n) is 3.67. The van der Waals surface area contributed by atoms with Gasteiger partial charge in [-0.3, -0.25) is 4.79 Å². The third kappa shape index (κ3) is 1.10. The monoisotopic (exact) mass is 183 g/mol. The molecule has 0 aromatic rings. The molecule has 0 spiro atoms. The van der Waals surface area contributed by atoms with Crippen molar-refractivity contribution in [2.45, 2.75) is 32.1 Å². The quantitative estimate of drug-likeness (QED) is 0.663. The first kappa shape index (κ1) is 9.00. The van der Waals surface area contributed by atoms with Crippen molar-refractivity contribution in [3.8, 4) is 0 Å². The molecule has 3 heteroatoms.